The van der Waals surface area contributed by atoms with Gasteiger partial charge in [0.2, 0.25) is 5.91 Å². The molecule has 5 nitrogen and oxygen atoms in total. The lowest BCUT2D eigenvalue weighted by molar-refractivity contribution is -0.116. The summed E-state index contributed by atoms with van der Waals surface area (Å²) in [6.45, 7) is 0.0869. The summed E-state index contributed by atoms with van der Waals surface area (Å²) in [5, 5.41) is 0.886. The van der Waals surface area contributed by atoms with Crippen molar-refractivity contribution >= 4 is 39.7 Å². The van der Waals surface area contributed by atoms with Crippen molar-refractivity contribution in [3.8, 4) is 0 Å². The molecule has 0 aliphatic rings. The molecule has 19 heavy (non-hydrogen) atoms. The van der Waals surface area contributed by atoms with Gasteiger partial charge in [-0.15, -0.1) is 0 Å². The predicted molar refractivity (Wildman–Crippen MR) is 80.1 cm³/mol. The molecule has 0 aliphatic heterocycles. The largest absolute Gasteiger partial charge is 0.389 e. The van der Waals surface area contributed by atoms with Gasteiger partial charge in [0.05, 0.1) is 23.3 Å². The van der Waals surface area contributed by atoms with Crippen LogP contribution in [0, 0.1) is 0 Å². The lowest BCUT2D eigenvalue weighted by atomic mass is 10.1. The Bertz CT molecular complexity index is 656. The fourth-order valence-electron chi connectivity index (χ4n) is 2.03. The van der Waals surface area contributed by atoms with Crippen molar-refractivity contribution in [2.24, 2.45) is 11.5 Å². The minimum Gasteiger partial charge on any atom is -0.389 e. The normalized spacial score (nSPS) is 10.4. The number of hydrogen-bond acceptors (Lipinski definition) is 4. The average Bonchev–Trinajstić information content (AvgIpc) is 2.36. The van der Waals surface area contributed by atoms with Crippen molar-refractivity contribution in [2.75, 3.05) is 18.5 Å². The van der Waals surface area contributed by atoms with E-state index < -0.39 is 5.91 Å². The van der Waals surface area contributed by atoms with Crippen molar-refractivity contribution in [1.29, 1.82) is 0 Å². The molecule has 2 aromatic rings. The first kappa shape index (κ1) is 13.2. The van der Waals surface area contributed by atoms with Crippen molar-refractivity contribution in [3.05, 3.63) is 36.0 Å². The number of likely N-dealkylation sites (N-methyl/N-ethyl adjacent to an activating group) is 1. The maximum Gasteiger partial charge on any atom is 0.236 e. The number of nitrogens with two attached hydrogens (primary N) is 2. The van der Waals surface area contributed by atoms with Gasteiger partial charge in [-0.1, -0.05) is 30.4 Å². The second-order valence-corrected chi connectivity index (χ2v) is 4.66. The van der Waals surface area contributed by atoms with E-state index in [1.54, 1.807) is 18.1 Å². The smallest absolute Gasteiger partial charge is 0.236 e. The first-order valence-corrected chi connectivity index (χ1v) is 6.08. The molecule has 2 rings (SSSR count). The fraction of sp³-hybridized carbons (Fsp3) is 0.154. The van der Waals surface area contributed by atoms with Crippen LogP contribution in [0.15, 0.2) is 30.5 Å². The van der Waals surface area contributed by atoms with E-state index in [9.17, 15) is 4.79 Å². The molecule has 0 spiro atoms. The second-order valence-electron chi connectivity index (χ2n) is 4.22. The number of primary amides is 1. The summed E-state index contributed by atoms with van der Waals surface area (Å²) in [5.74, 6) is -0.419. The van der Waals surface area contributed by atoms with Gasteiger partial charge >= 0.3 is 0 Å². The van der Waals surface area contributed by atoms with E-state index >= 15 is 0 Å². The highest BCUT2D eigenvalue weighted by Gasteiger charge is 2.15. The molecule has 1 aromatic carbocycles. The van der Waals surface area contributed by atoms with Crippen LogP contribution in [0.1, 0.15) is 5.56 Å². The number of pyridine rings is 1. The molecule has 0 radical (unpaired) electrons. The van der Waals surface area contributed by atoms with Gasteiger partial charge in [0.1, 0.15) is 4.99 Å². The van der Waals surface area contributed by atoms with Crippen LogP contribution in [0.25, 0.3) is 10.9 Å². The zero-order chi connectivity index (χ0) is 14.0. The van der Waals surface area contributed by atoms with Gasteiger partial charge in [0.15, 0.2) is 0 Å². The van der Waals surface area contributed by atoms with Gasteiger partial charge in [0, 0.05) is 18.6 Å². The average molecular weight is 274 g/mol. The fourth-order valence-corrected chi connectivity index (χ4v) is 2.18. The molecule has 1 aromatic heterocycles. The monoisotopic (exact) mass is 274 g/mol. The minimum absolute atomic E-state index is 0.0869. The number of amides is 1. The third-order valence-corrected chi connectivity index (χ3v) is 3.01. The highest BCUT2D eigenvalue weighted by Crippen LogP contribution is 2.28. The van der Waals surface area contributed by atoms with Crippen LogP contribution >= 0.6 is 12.2 Å². The van der Waals surface area contributed by atoms with Gasteiger partial charge in [0.25, 0.3) is 0 Å². The lowest BCUT2D eigenvalue weighted by Gasteiger charge is -2.22. The topological polar surface area (TPSA) is 85.2 Å². The van der Waals surface area contributed by atoms with E-state index in [1.807, 2.05) is 24.3 Å². The summed E-state index contributed by atoms with van der Waals surface area (Å²) in [4.78, 5) is 17.4. The van der Waals surface area contributed by atoms with Crippen LogP contribution in [-0.2, 0) is 4.79 Å². The quantitative estimate of drug-likeness (QED) is 0.805. The van der Waals surface area contributed by atoms with E-state index in [2.05, 4.69) is 4.98 Å². The third kappa shape index (κ3) is 2.63. The molecule has 0 fully saturated rings. The van der Waals surface area contributed by atoms with Crippen LogP contribution in [0.4, 0.5) is 5.69 Å². The zero-order valence-electron chi connectivity index (χ0n) is 10.5. The second kappa shape index (κ2) is 5.19. The van der Waals surface area contributed by atoms with Crippen molar-refractivity contribution < 1.29 is 4.79 Å². The summed E-state index contributed by atoms with van der Waals surface area (Å²) < 4.78 is 0. The van der Waals surface area contributed by atoms with E-state index in [0.29, 0.717) is 5.56 Å². The van der Waals surface area contributed by atoms with Crippen molar-refractivity contribution in [3.63, 3.8) is 0 Å². The molecule has 0 aliphatic carbocycles. The Kier molecular flexibility index (Phi) is 3.62. The highest BCUT2D eigenvalue weighted by atomic mass is 32.1. The third-order valence-electron chi connectivity index (χ3n) is 2.79. The summed E-state index contributed by atoms with van der Waals surface area (Å²) in [5.41, 5.74) is 13.2. The molecule has 4 N–H and O–H groups in total. The number of thiocarbonyl (C=S) groups is 1. The maximum atomic E-state index is 11.1. The SMILES string of the molecule is CN(CC(N)=O)c1c(C(N)=S)cnc2ccccc12. The predicted octanol–water partition coefficient (Wildman–Crippen LogP) is 0.790. The van der Waals surface area contributed by atoms with Gasteiger partial charge in [-0.05, 0) is 6.07 Å². The maximum absolute atomic E-state index is 11.1. The Hall–Kier alpha value is -2.21. The molecule has 0 bridgehead atoms. The zero-order valence-corrected chi connectivity index (χ0v) is 11.3. The van der Waals surface area contributed by atoms with E-state index in [0.717, 1.165) is 16.6 Å². The van der Waals surface area contributed by atoms with Crippen LogP contribution in [0.3, 0.4) is 0 Å². The number of fused-ring (bicyclic) bond motifs is 1. The molecular formula is C13H14N4OS. The summed E-state index contributed by atoms with van der Waals surface area (Å²) in [7, 11) is 1.77. The van der Waals surface area contributed by atoms with Crippen LogP contribution in [-0.4, -0.2) is 29.5 Å². The number of rotatable bonds is 4. The van der Waals surface area contributed by atoms with Crippen LogP contribution in [0.5, 0.6) is 0 Å². The van der Waals surface area contributed by atoms with Crippen LogP contribution < -0.4 is 16.4 Å². The van der Waals surface area contributed by atoms with Crippen LogP contribution in [0.2, 0.25) is 0 Å². The summed E-state index contributed by atoms with van der Waals surface area (Å²) >= 11 is 5.04. The number of anilines is 1. The Labute approximate surface area is 116 Å². The Morgan fingerprint density at radius 2 is 2.05 bits per heavy atom. The molecule has 1 heterocycles. The summed E-state index contributed by atoms with van der Waals surface area (Å²) in [6.07, 6.45) is 1.62. The van der Waals surface area contributed by atoms with Crippen molar-refractivity contribution in [1.82, 2.24) is 4.98 Å². The Morgan fingerprint density at radius 1 is 1.37 bits per heavy atom. The molecule has 98 valence electrons. The van der Waals surface area contributed by atoms with Gasteiger partial charge in [-0.2, -0.15) is 0 Å². The number of benzene rings is 1. The van der Waals surface area contributed by atoms with E-state index in [4.69, 9.17) is 23.7 Å². The standard InChI is InChI=1S/C13H14N4OS/c1-17(7-11(14)18)12-8-4-2-3-5-10(8)16-6-9(12)13(15)19/h2-6H,7H2,1H3,(H2,14,18)(H2,15,19). The number of nitrogens with zero attached hydrogens (tertiary/aromatic N) is 2. The van der Waals surface area contributed by atoms with Gasteiger partial charge in [-0.3, -0.25) is 9.78 Å². The Morgan fingerprint density at radius 3 is 2.68 bits per heavy atom. The first-order chi connectivity index (χ1) is 9.00. The first-order valence-electron chi connectivity index (χ1n) is 5.67. The lowest BCUT2D eigenvalue weighted by Crippen LogP contribution is -2.32. The molecular weight excluding hydrogens is 260 g/mol. The number of carbonyl (C=O) groups is 1. The number of para-hydroxylation sites is 1. The van der Waals surface area contributed by atoms with E-state index in [1.165, 1.54) is 0 Å². The molecule has 0 saturated heterocycles. The molecule has 0 atom stereocenters. The molecule has 1 amide bonds. The number of hydrogen-bond donors (Lipinski definition) is 2. The van der Waals surface area contributed by atoms with Gasteiger partial charge in [-0.25, -0.2) is 0 Å². The molecule has 0 unspecified atom stereocenters. The Balaban J connectivity index is 2.68. The van der Waals surface area contributed by atoms with E-state index in [-0.39, 0.29) is 11.5 Å². The summed E-state index contributed by atoms with van der Waals surface area (Å²) in [6, 6.07) is 7.60. The number of aromatic nitrogens is 1. The highest BCUT2D eigenvalue weighted by molar-refractivity contribution is 7.80. The molecule has 6 heteroatoms. The van der Waals surface area contributed by atoms with Gasteiger partial charge < -0.3 is 16.4 Å². The number of carbonyl (C=O) groups excluding carboxylic acids is 1. The van der Waals surface area contributed by atoms with Crippen molar-refractivity contribution in [2.45, 2.75) is 0 Å². The molecule has 0 saturated carbocycles. The minimum atomic E-state index is -0.419.